The van der Waals surface area contributed by atoms with Crippen LogP contribution in [-0.2, 0) is 14.0 Å². The lowest BCUT2D eigenvalue weighted by Crippen LogP contribution is -2.30. The van der Waals surface area contributed by atoms with Crippen molar-refractivity contribution in [2.45, 2.75) is 25.8 Å². The summed E-state index contributed by atoms with van der Waals surface area (Å²) in [4.78, 5) is 11.0. The highest BCUT2D eigenvalue weighted by atomic mass is 28.3. The maximum atomic E-state index is 11.0. The van der Waals surface area contributed by atoms with E-state index in [0.29, 0.717) is 11.8 Å². The summed E-state index contributed by atoms with van der Waals surface area (Å²) in [5.74, 6) is -0.290. The fourth-order valence-corrected chi connectivity index (χ4v) is 3.24. The maximum absolute atomic E-state index is 11.0. The zero-order valence-corrected chi connectivity index (χ0v) is 9.20. The highest BCUT2D eigenvalue weighted by Crippen LogP contribution is 2.11. The molecule has 1 atom stereocenters. The monoisotopic (exact) mass is 200 g/mol. The van der Waals surface area contributed by atoms with Gasteiger partial charge in [0.05, 0.1) is 0 Å². The molecule has 0 N–H and O–H groups in total. The van der Waals surface area contributed by atoms with Gasteiger partial charge in [-0.3, -0.25) is 0 Å². The molecule has 1 aliphatic rings. The third-order valence-electron chi connectivity index (χ3n) is 2.02. The molecule has 0 saturated carbocycles. The van der Waals surface area contributed by atoms with Gasteiger partial charge in [-0.1, -0.05) is 13.0 Å². The molecule has 1 aliphatic heterocycles. The molecule has 0 aromatic heterocycles. The number of esters is 1. The van der Waals surface area contributed by atoms with E-state index in [0.717, 1.165) is 19.1 Å². The van der Waals surface area contributed by atoms with Gasteiger partial charge < -0.3 is 9.16 Å². The largest absolute Gasteiger partial charge is 0.463 e. The Kier molecular flexibility index (Phi) is 4.18. The third kappa shape index (κ3) is 3.74. The van der Waals surface area contributed by atoms with E-state index < -0.39 is 9.04 Å². The van der Waals surface area contributed by atoms with E-state index in [1.165, 1.54) is 6.42 Å². The van der Waals surface area contributed by atoms with Gasteiger partial charge in [-0.25, -0.2) is 4.79 Å². The van der Waals surface area contributed by atoms with Crippen LogP contribution in [0.1, 0.15) is 19.8 Å². The van der Waals surface area contributed by atoms with E-state index in [2.05, 4.69) is 6.58 Å². The normalized spacial score (nSPS) is 22.4. The van der Waals surface area contributed by atoms with Crippen LogP contribution >= 0.6 is 0 Å². The van der Waals surface area contributed by atoms with Crippen molar-refractivity contribution in [1.29, 1.82) is 0 Å². The van der Waals surface area contributed by atoms with E-state index in [1.54, 1.807) is 6.92 Å². The summed E-state index contributed by atoms with van der Waals surface area (Å²) < 4.78 is 10.6. The predicted octanol–water partition coefficient (Wildman–Crippen LogP) is 1.18. The molecule has 0 radical (unpaired) electrons. The molecule has 1 unspecified atom stereocenters. The second-order valence-electron chi connectivity index (χ2n) is 3.37. The number of hydrogen-bond donors (Lipinski definition) is 0. The smallest absolute Gasteiger partial charge is 0.332 e. The van der Waals surface area contributed by atoms with Crippen molar-refractivity contribution in [2.24, 2.45) is 0 Å². The van der Waals surface area contributed by atoms with E-state index in [9.17, 15) is 4.79 Å². The first kappa shape index (κ1) is 10.5. The number of rotatable bonds is 3. The molecule has 4 heteroatoms. The van der Waals surface area contributed by atoms with Gasteiger partial charge in [-0.05, 0) is 19.4 Å². The topological polar surface area (TPSA) is 35.5 Å². The maximum Gasteiger partial charge on any atom is 0.332 e. The van der Waals surface area contributed by atoms with E-state index in [-0.39, 0.29) is 5.97 Å². The summed E-state index contributed by atoms with van der Waals surface area (Å²) >= 11 is 0. The van der Waals surface area contributed by atoms with Crippen LogP contribution in [0.3, 0.4) is 0 Å². The Bertz CT molecular complexity index is 197. The molecule has 1 rings (SSSR count). The van der Waals surface area contributed by atoms with Gasteiger partial charge in [0.25, 0.3) is 0 Å². The Morgan fingerprint density at radius 3 is 2.92 bits per heavy atom. The second-order valence-corrected chi connectivity index (χ2v) is 5.86. The fraction of sp³-hybridized carbons (Fsp3) is 0.667. The van der Waals surface area contributed by atoms with Crippen molar-refractivity contribution in [1.82, 2.24) is 0 Å². The highest BCUT2D eigenvalue weighted by Gasteiger charge is 2.18. The molecule has 1 heterocycles. The molecular weight excluding hydrogens is 184 g/mol. The number of hydrogen-bond acceptors (Lipinski definition) is 3. The minimum Gasteiger partial charge on any atom is -0.463 e. The summed E-state index contributed by atoms with van der Waals surface area (Å²) in [6.07, 6.45) is 2.88. The van der Waals surface area contributed by atoms with Crippen LogP contribution in [0, 0.1) is 0 Å². The first-order valence-corrected chi connectivity index (χ1v) is 6.75. The first-order chi connectivity index (χ1) is 6.20. The van der Waals surface area contributed by atoms with Gasteiger partial charge in [0, 0.05) is 12.2 Å². The zero-order chi connectivity index (χ0) is 9.68. The number of ether oxygens (including phenoxy) is 1. The molecule has 3 nitrogen and oxygen atoms in total. The van der Waals surface area contributed by atoms with E-state index in [4.69, 9.17) is 9.16 Å². The summed E-state index contributed by atoms with van der Waals surface area (Å²) in [6, 6.07) is 1.13. The quantitative estimate of drug-likeness (QED) is 0.390. The molecular formula is C9H16O3Si. The lowest BCUT2D eigenvalue weighted by Gasteiger charge is -2.20. The Labute approximate surface area is 80.5 Å². The van der Waals surface area contributed by atoms with Crippen molar-refractivity contribution in [3.8, 4) is 0 Å². The third-order valence-corrected chi connectivity index (χ3v) is 4.32. The Hall–Kier alpha value is -0.613. The Morgan fingerprint density at radius 1 is 1.62 bits per heavy atom. The van der Waals surface area contributed by atoms with E-state index in [1.807, 2.05) is 0 Å². The van der Waals surface area contributed by atoms with Gasteiger partial charge in [0.1, 0.15) is 6.23 Å². The van der Waals surface area contributed by atoms with Gasteiger partial charge in [0.15, 0.2) is 0 Å². The minimum atomic E-state index is -1.21. The lowest BCUT2D eigenvalue weighted by molar-refractivity contribution is -0.137. The van der Waals surface area contributed by atoms with Gasteiger partial charge in [-0.2, -0.15) is 0 Å². The summed E-state index contributed by atoms with van der Waals surface area (Å²) in [6.45, 7) is 6.03. The van der Waals surface area contributed by atoms with Gasteiger partial charge in [-0.15, -0.1) is 0 Å². The average Bonchev–Trinajstić information content (AvgIpc) is 2.15. The van der Waals surface area contributed by atoms with Crippen LogP contribution in [0.25, 0.3) is 0 Å². The van der Waals surface area contributed by atoms with Crippen molar-refractivity contribution in [3.63, 3.8) is 0 Å². The van der Waals surface area contributed by atoms with Crippen LogP contribution in [0.2, 0.25) is 6.04 Å². The van der Waals surface area contributed by atoms with Crippen LogP contribution in [0.5, 0.6) is 0 Å². The summed E-state index contributed by atoms with van der Waals surface area (Å²) in [5.41, 5.74) is 0.463. The van der Waals surface area contributed by atoms with Crippen molar-refractivity contribution >= 4 is 15.0 Å². The molecule has 0 aromatic carbocycles. The van der Waals surface area contributed by atoms with E-state index >= 15 is 0 Å². The van der Waals surface area contributed by atoms with Gasteiger partial charge >= 0.3 is 5.97 Å². The SMILES string of the molecule is C=C(C)C(=O)OC[SiH]1CCCCO1. The van der Waals surface area contributed by atoms with Gasteiger partial charge in [0.2, 0.25) is 9.04 Å². The van der Waals surface area contributed by atoms with Crippen molar-refractivity contribution in [3.05, 3.63) is 12.2 Å². The molecule has 1 fully saturated rings. The number of carbonyl (C=O) groups excluding carboxylic acids is 1. The molecule has 1 saturated heterocycles. The fourth-order valence-electron chi connectivity index (χ4n) is 1.23. The van der Waals surface area contributed by atoms with Crippen LogP contribution < -0.4 is 0 Å². The predicted molar refractivity (Wildman–Crippen MR) is 52.9 cm³/mol. The first-order valence-electron chi connectivity index (χ1n) is 4.64. The van der Waals surface area contributed by atoms with Crippen LogP contribution in [0.15, 0.2) is 12.2 Å². The molecule has 0 aliphatic carbocycles. The van der Waals surface area contributed by atoms with Crippen LogP contribution in [-0.4, -0.2) is 27.8 Å². The molecule has 0 spiro atoms. The molecule has 13 heavy (non-hydrogen) atoms. The average molecular weight is 200 g/mol. The molecule has 0 bridgehead atoms. The lowest BCUT2D eigenvalue weighted by atomic mass is 10.4. The summed E-state index contributed by atoms with van der Waals surface area (Å²) in [7, 11) is -1.21. The number of carbonyl (C=O) groups is 1. The molecule has 0 aromatic rings. The second kappa shape index (κ2) is 5.19. The zero-order valence-electron chi connectivity index (χ0n) is 8.04. The van der Waals surface area contributed by atoms with Crippen LogP contribution in [0.4, 0.5) is 0 Å². The highest BCUT2D eigenvalue weighted by molar-refractivity contribution is 6.52. The Balaban J connectivity index is 2.17. The summed E-state index contributed by atoms with van der Waals surface area (Å²) in [5, 5.41) is 0. The minimum absolute atomic E-state index is 0.290. The standard InChI is InChI=1S/C9H16O3Si/c1-8(2)9(10)11-7-13-6-4-3-5-12-13/h13H,1,3-7H2,2H3. The van der Waals surface area contributed by atoms with Crippen molar-refractivity contribution in [2.75, 3.05) is 12.8 Å². The van der Waals surface area contributed by atoms with Crippen molar-refractivity contribution < 1.29 is 14.0 Å². The molecule has 74 valence electrons. The Morgan fingerprint density at radius 2 is 2.38 bits per heavy atom. The molecule has 0 amide bonds.